The zero-order valence-corrected chi connectivity index (χ0v) is 20.4. The van der Waals surface area contributed by atoms with Gasteiger partial charge in [0, 0.05) is 63.6 Å². The van der Waals surface area contributed by atoms with Gasteiger partial charge in [-0.1, -0.05) is 36.4 Å². The van der Waals surface area contributed by atoms with Crippen molar-refractivity contribution in [2.24, 2.45) is 9.98 Å². The SMILES string of the molecule is CN(C)C1=NCC(c2cc3ccccc3o2)C1.CN(C)C1=NCC(c2cc3ccccc3o2)C1. The maximum atomic E-state index is 5.89. The van der Waals surface area contributed by atoms with Crippen molar-refractivity contribution >= 4 is 33.6 Å². The van der Waals surface area contributed by atoms with Crippen LogP contribution in [0.2, 0.25) is 0 Å². The average Bonchev–Trinajstić information content (AvgIpc) is 3.63. The van der Waals surface area contributed by atoms with Crippen molar-refractivity contribution in [3.63, 3.8) is 0 Å². The van der Waals surface area contributed by atoms with Crippen LogP contribution in [0.4, 0.5) is 0 Å². The molecule has 176 valence electrons. The summed E-state index contributed by atoms with van der Waals surface area (Å²) in [5.74, 6) is 5.25. The van der Waals surface area contributed by atoms with Gasteiger partial charge in [0.2, 0.25) is 0 Å². The summed E-state index contributed by atoms with van der Waals surface area (Å²) in [6, 6.07) is 20.6. The molecule has 4 heterocycles. The van der Waals surface area contributed by atoms with Crippen LogP contribution in [0.1, 0.15) is 36.2 Å². The van der Waals surface area contributed by atoms with Crippen molar-refractivity contribution < 1.29 is 8.83 Å². The molecule has 0 aliphatic carbocycles. The fourth-order valence-electron chi connectivity index (χ4n) is 4.57. The van der Waals surface area contributed by atoms with Crippen LogP contribution in [0.3, 0.4) is 0 Å². The zero-order chi connectivity index (χ0) is 23.7. The van der Waals surface area contributed by atoms with Gasteiger partial charge in [0.25, 0.3) is 0 Å². The average molecular weight is 457 g/mol. The lowest BCUT2D eigenvalue weighted by atomic mass is 10.0. The molecule has 0 amide bonds. The Balaban J connectivity index is 0.000000142. The molecule has 4 aromatic rings. The molecular formula is C28H32N4O2. The predicted molar refractivity (Wildman–Crippen MR) is 139 cm³/mol. The Labute approximate surface area is 200 Å². The first kappa shape index (κ1) is 22.3. The Bertz CT molecular complexity index is 1170. The summed E-state index contributed by atoms with van der Waals surface area (Å²) in [7, 11) is 8.17. The van der Waals surface area contributed by atoms with Crippen LogP contribution in [0.5, 0.6) is 0 Å². The summed E-state index contributed by atoms with van der Waals surface area (Å²) in [4.78, 5) is 13.3. The minimum atomic E-state index is 0.403. The number of hydrogen-bond acceptors (Lipinski definition) is 6. The molecule has 6 rings (SSSR count). The monoisotopic (exact) mass is 456 g/mol. The quantitative estimate of drug-likeness (QED) is 0.385. The van der Waals surface area contributed by atoms with Crippen molar-refractivity contribution in [1.29, 1.82) is 0 Å². The first-order valence-corrected chi connectivity index (χ1v) is 11.9. The van der Waals surface area contributed by atoms with Gasteiger partial charge in [-0.2, -0.15) is 0 Å². The summed E-state index contributed by atoms with van der Waals surface area (Å²) in [5, 5.41) is 2.36. The summed E-state index contributed by atoms with van der Waals surface area (Å²) >= 11 is 0. The van der Waals surface area contributed by atoms with Gasteiger partial charge in [-0.25, -0.2) is 0 Å². The van der Waals surface area contributed by atoms with E-state index in [0.29, 0.717) is 11.8 Å². The zero-order valence-electron chi connectivity index (χ0n) is 20.4. The first-order valence-electron chi connectivity index (χ1n) is 11.9. The molecule has 0 bridgehead atoms. The van der Waals surface area contributed by atoms with E-state index in [1.807, 2.05) is 64.6 Å². The van der Waals surface area contributed by atoms with Crippen molar-refractivity contribution in [1.82, 2.24) is 9.80 Å². The van der Waals surface area contributed by atoms with E-state index in [4.69, 9.17) is 8.83 Å². The largest absolute Gasteiger partial charge is 0.461 e. The third-order valence-electron chi connectivity index (χ3n) is 6.57. The van der Waals surface area contributed by atoms with E-state index in [0.717, 1.165) is 60.3 Å². The Morgan fingerprint density at radius 2 is 1.06 bits per heavy atom. The van der Waals surface area contributed by atoms with Gasteiger partial charge in [0.1, 0.15) is 22.7 Å². The van der Waals surface area contributed by atoms with Crippen LogP contribution in [0.25, 0.3) is 21.9 Å². The van der Waals surface area contributed by atoms with Gasteiger partial charge in [0.05, 0.1) is 24.8 Å². The van der Waals surface area contributed by atoms with E-state index in [1.54, 1.807) is 0 Å². The maximum Gasteiger partial charge on any atom is 0.134 e. The minimum absolute atomic E-state index is 0.403. The smallest absolute Gasteiger partial charge is 0.134 e. The summed E-state index contributed by atoms with van der Waals surface area (Å²) in [6.07, 6.45) is 1.96. The van der Waals surface area contributed by atoms with E-state index in [-0.39, 0.29) is 0 Å². The van der Waals surface area contributed by atoms with Gasteiger partial charge in [-0.05, 0) is 24.3 Å². The van der Waals surface area contributed by atoms with Crippen molar-refractivity contribution in [3.8, 4) is 0 Å². The van der Waals surface area contributed by atoms with Gasteiger partial charge in [-0.15, -0.1) is 0 Å². The lowest BCUT2D eigenvalue weighted by Crippen LogP contribution is -2.20. The topological polar surface area (TPSA) is 57.5 Å². The third kappa shape index (κ3) is 4.58. The molecule has 0 radical (unpaired) electrons. The van der Waals surface area contributed by atoms with Crippen molar-refractivity contribution in [3.05, 3.63) is 72.2 Å². The van der Waals surface area contributed by atoms with Gasteiger partial charge >= 0.3 is 0 Å². The Hall–Kier alpha value is -3.54. The Morgan fingerprint density at radius 1 is 0.647 bits per heavy atom. The molecule has 6 nitrogen and oxygen atoms in total. The van der Waals surface area contributed by atoms with Crippen molar-refractivity contribution in [2.45, 2.75) is 24.7 Å². The number of nitrogens with zero attached hydrogens (tertiary/aromatic N) is 4. The van der Waals surface area contributed by atoms with Crippen molar-refractivity contribution in [2.75, 3.05) is 41.3 Å². The van der Waals surface area contributed by atoms with Gasteiger partial charge in [-0.3, -0.25) is 9.98 Å². The van der Waals surface area contributed by atoms with Crippen LogP contribution in [0, 0.1) is 0 Å². The minimum Gasteiger partial charge on any atom is -0.461 e. The first-order chi connectivity index (χ1) is 16.5. The maximum absolute atomic E-state index is 5.89. The normalized spacial score (nSPS) is 19.6. The molecule has 2 unspecified atom stereocenters. The fourth-order valence-corrected chi connectivity index (χ4v) is 4.57. The number of hydrogen-bond donors (Lipinski definition) is 0. The molecule has 0 saturated heterocycles. The van der Waals surface area contributed by atoms with Gasteiger partial charge < -0.3 is 18.6 Å². The van der Waals surface area contributed by atoms with E-state index < -0.39 is 0 Å². The van der Waals surface area contributed by atoms with Gasteiger partial charge in [0.15, 0.2) is 0 Å². The van der Waals surface area contributed by atoms with E-state index in [1.165, 1.54) is 10.8 Å². The second-order valence-corrected chi connectivity index (χ2v) is 9.48. The highest BCUT2D eigenvalue weighted by molar-refractivity contribution is 5.86. The molecule has 34 heavy (non-hydrogen) atoms. The molecule has 6 heteroatoms. The molecular weight excluding hydrogens is 424 g/mol. The molecule has 0 fully saturated rings. The van der Waals surface area contributed by atoms with Crippen LogP contribution >= 0.6 is 0 Å². The Kier molecular flexibility index (Phi) is 6.14. The summed E-state index contributed by atoms with van der Waals surface area (Å²) in [5.41, 5.74) is 1.95. The van der Waals surface area contributed by atoms with Crippen LogP contribution in [-0.2, 0) is 0 Å². The highest BCUT2D eigenvalue weighted by Crippen LogP contribution is 2.32. The lowest BCUT2D eigenvalue weighted by molar-refractivity contribution is 0.503. The summed E-state index contributed by atoms with van der Waals surface area (Å²) < 4.78 is 11.8. The van der Waals surface area contributed by atoms with Crippen LogP contribution in [-0.4, -0.2) is 62.8 Å². The van der Waals surface area contributed by atoms with E-state index in [2.05, 4.69) is 44.1 Å². The van der Waals surface area contributed by atoms with E-state index in [9.17, 15) is 0 Å². The number of benzene rings is 2. The number of fused-ring (bicyclic) bond motifs is 2. The highest BCUT2D eigenvalue weighted by atomic mass is 16.3. The Morgan fingerprint density at radius 3 is 1.41 bits per heavy atom. The number of furan rings is 2. The number of amidine groups is 2. The molecule has 2 aliphatic rings. The van der Waals surface area contributed by atoms with Crippen LogP contribution < -0.4 is 0 Å². The molecule has 2 aromatic heterocycles. The standard InChI is InChI=1S/2C14H16N2O/c2*1-16(2)14-8-11(9-15-14)13-7-10-5-3-4-6-12(10)17-13/h2*3-7,11H,8-9H2,1-2H3. The lowest BCUT2D eigenvalue weighted by Gasteiger charge is -2.12. The van der Waals surface area contributed by atoms with E-state index >= 15 is 0 Å². The highest BCUT2D eigenvalue weighted by Gasteiger charge is 2.25. The molecule has 2 aromatic carbocycles. The third-order valence-corrected chi connectivity index (χ3v) is 6.57. The second kappa shape index (κ2) is 9.37. The molecule has 2 aliphatic heterocycles. The number of aliphatic imine (C=N–C) groups is 2. The molecule has 2 atom stereocenters. The number of rotatable bonds is 2. The number of para-hydroxylation sites is 2. The molecule has 0 saturated carbocycles. The molecule has 0 spiro atoms. The predicted octanol–water partition coefficient (Wildman–Crippen LogP) is 5.76. The fraction of sp³-hybridized carbons (Fsp3) is 0.357. The molecule has 0 N–H and O–H groups in total. The second-order valence-electron chi connectivity index (χ2n) is 9.48. The van der Waals surface area contributed by atoms with Crippen LogP contribution in [0.15, 0.2) is 79.5 Å². The summed E-state index contributed by atoms with van der Waals surface area (Å²) in [6.45, 7) is 1.68.